The number of esters is 1. The highest BCUT2D eigenvalue weighted by Crippen LogP contribution is 2.58. The first-order valence-corrected chi connectivity index (χ1v) is 6.74. The average Bonchev–Trinajstić information content (AvgIpc) is 3.24. The van der Waals surface area contributed by atoms with Crippen LogP contribution in [0.15, 0.2) is 48.5 Å². The quantitative estimate of drug-likeness (QED) is 0.642. The van der Waals surface area contributed by atoms with Crippen LogP contribution in [0.5, 0.6) is 0 Å². The van der Waals surface area contributed by atoms with Crippen molar-refractivity contribution >= 4 is 17.6 Å². The molecule has 0 aromatic heterocycles. The summed E-state index contributed by atoms with van der Waals surface area (Å²) in [5, 5.41) is 0.510. The van der Waals surface area contributed by atoms with Gasteiger partial charge in [0.1, 0.15) is 11.9 Å². The first-order chi connectivity index (χ1) is 10.1. The Morgan fingerprint density at radius 3 is 2.52 bits per heavy atom. The molecule has 0 amide bonds. The van der Waals surface area contributed by atoms with Gasteiger partial charge in [0.2, 0.25) is 5.60 Å². The Bertz CT molecular complexity index is 686. The molecule has 2 aromatic carbocycles. The van der Waals surface area contributed by atoms with Gasteiger partial charge in [0, 0.05) is 10.6 Å². The summed E-state index contributed by atoms with van der Waals surface area (Å²) < 4.78 is 23.6. The molecule has 3 nitrogen and oxygen atoms in total. The van der Waals surface area contributed by atoms with E-state index in [1.165, 1.54) is 31.4 Å². The molecule has 0 radical (unpaired) electrons. The Morgan fingerprint density at radius 2 is 1.90 bits per heavy atom. The lowest BCUT2D eigenvalue weighted by molar-refractivity contribution is -0.147. The summed E-state index contributed by atoms with van der Waals surface area (Å²) in [5.41, 5.74) is -0.0115. The predicted octanol–water partition coefficient (Wildman–Crippen LogP) is 3.62. The normalized spacial score (nSPS) is 23.7. The molecule has 1 saturated heterocycles. The summed E-state index contributed by atoms with van der Waals surface area (Å²) in [4.78, 5) is 12.2. The Hall–Kier alpha value is -1.91. The van der Waals surface area contributed by atoms with Crippen molar-refractivity contribution in [3.8, 4) is 0 Å². The van der Waals surface area contributed by atoms with Crippen LogP contribution in [0.3, 0.4) is 0 Å². The van der Waals surface area contributed by atoms with Crippen molar-refractivity contribution in [1.29, 1.82) is 0 Å². The van der Waals surface area contributed by atoms with Crippen LogP contribution in [-0.4, -0.2) is 13.1 Å². The number of halogens is 2. The predicted molar refractivity (Wildman–Crippen MR) is 75.4 cm³/mol. The molecule has 108 valence electrons. The molecule has 5 heteroatoms. The summed E-state index contributed by atoms with van der Waals surface area (Å²) in [6.45, 7) is 0. The van der Waals surface area contributed by atoms with E-state index >= 15 is 0 Å². The number of epoxide rings is 1. The fourth-order valence-electron chi connectivity index (χ4n) is 2.46. The summed E-state index contributed by atoms with van der Waals surface area (Å²) in [7, 11) is 1.29. The lowest BCUT2D eigenvalue weighted by Gasteiger charge is -2.11. The van der Waals surface area contributed by atoms with Crippen LogP contribution in [0.1, 0.15) is 17.2 Å². The Balaban J connectivity index is 2.04. The summed E-state index contributed by atoms with van der Waals surface area (Å²) in [6.07, 6.45) is -0.538. The second-order valence-electron chi connectivity index (χ2n) is 4.75. The standard InChI is InChI=1S/C16H12ClFO3/c1-20-15(19)16(10-6-8-11(18)9-7-10)14(21-16)12-4-2-3-5-13(12)17/h2-9,14H,1H3. The van der Waals surface area contributed by atoms with Crippen molar-refractivity contribution < 1.29 is 18.7 Å². The molecule has 0 saturated carbocycles. The fraction of sp³-hybridized carbons (Fsp3) is 0.188. The number of methoxy groups -OCH3 is 1. The molecule has 0 N–H and O–H groups in total. The van der Waals surface area contributed by atoms with Crippen molar-refractivity contribution in [2.45, 2.75) is 11.7 Å². The van der Waals surface area contributed by atoms with Crippen LogP contribution in [0.2, 0.25) is 5.02 Å². The molecular formula is C16H12ClFO3. The summed E-state index contributed by atoms with van der Waals surface area (Å²) >= 11 is 6.15. The Morgan fingerprint density at radius 1 is 1.24 bits per heavy atom. The van der Waals surface area contributed by atoms with Crippen LogP contribution in [-0.2, 0) is 19.9 Å². The first-order valence-electron chi connectivity index (χ1n) is 6.36. The molecule has 0 aliphatic carbocycles. The summed E-state index contributed by atoms with van der Waals surface area (Å²) in [5.74, 6) is -0.910. The minimum Gasteiger partial charge on any atom is -0.467 e. The Labute approximate surface area is 126 Å². The molecular weight excluding hydrogens is 295 g/mol. The largest absolute Gasteiger partial charge is 0.467 e. The third-order valence-corrected chi connectivity index (χ3v) is 3.91. The van der Waals surface area contributed by atoms with Gasteiger partial charge in [0.25, 0.3) is 0 Å². The zero-order valence-electron chi connectivity index (χ0n) is 11.2. The van der Waals surface area contributed by atoms with Crippen LogP contribution in [0.4, 0.5) is 4.39 Å². The van der Waals surface area contributed by atoms with Crippen molar-refractivity contribution in [2.75, 3.05) is 7.11 Å². The molecule has 3 rings (SSSR count). The molecule has 1 fully saturated rings. The third-order valence-electron chi connectivity index (χ3n) is 3.57. The van der Waals surface area contributed by atoms with E-state index in [0.29, 0.717) is 16.1 Å². The van der Waals surface area contributed by atoms with E-state index in [9.17, 15) is 9.18 Å². The molecule has 1 heterocycles. The van der Waals surface area contributed by atoms with E-state index in [1.807, 2.05) is 6.07 Å². The van der Waals surface area contributed by atoms with Crippen molar-refractivity contribution in [3.63, 3.8) is 0 Å². The van der Waals surface area contributed by atoms with Gasteiger partial charge in [-0.15, -0.1) is 0 Å². The SMILES string of the molecule is COC(=O)C1(c2ccc(F)cc2)OC1c1ccccc1Cl. The molecule has 2 aromatic rings. The van der Waals surface area contributed by atoms with E-state index in [0.717, 1.165) is 0 Å². The average molecular weight is 307 g/mol. The van der Waals surface area contributed by atoms with Gasteiger partial charge in [-0.25, -0.2) is 9.18 Å². The highest BCUT2D eigenvalue weighted by atomic mass is 35.5. The van der Waals surface area contributed by atoms with Gasteiger partial charge in [-0.05, 0) is 23.8 Å². The topological polar surface area (TPSA) is 38.8 Å². The van der Waals surface area contributed by atoms with Crippen LogP contribution < -0.4 is 0 Å². The Kier molecular flexibility index (Phi) is 3.43. The van der Waals surface area contributed by atoms with E-state index in [1.54, 1.807) is 18.2 Å². The van der Waals surface area contributed by atoms with E-state index in [-0.39, 0.29) is 5.82 Å². The van der Waals surface area contributed by atoms with Crippen LogP contribution in [0.25, 0.3) is 0 Å². The van der Waals surface area contributed by atoms with Gasteiger partial charge < -0.3 is 9.47 Å². The molecule has 0 bridgehead atoms. The number of hydrogen-bond acceptors (Lipinski definition) is 3. The zero-order chi connectivity index (χ0) is 15.0. The lowest BCUT2D eigenvalue weighted by atomic mass is 9.91. The van der Waals surface area contributed by atoms with Crippen molar-refractivity contribution in [1.82, 2.24) is 0 Å². The first kappa shape index (κ1) is 14.0. The van der Waals surface area contributed by atoms with Crippen LogP contribution in [0, 0.1) is 5.82 Å². The van der Waals surface area contributed by atoms with Crippen LogP contribution >= 0.6 is 11.6 Å². The number of carbonyl (C=O) groups is 1. The van der Waals surface area contributed by atoms with E-state index in [2.05, 4.69) is 0 Å². The molecule has 1 aliphatic rings. The van der Waals surface area contributed by atoms with Gasteiger partial charge >= 0.3 is 5.97 Å². The number of benzene rings is 2. The van der Waals surface area contributed by atoms with Gasteiger partial charge in [0.05, 0.1) is 7.11 Å². The highest BCUT2D eigenvalue weighted by molar-refractivity contribution is 6.31. The van der Waals surface area contributed by atoms with Gasteiger partial charge in [0.15, 0.2) is 0 Å². The highest BCUT2D eigenvalue weighted by Gasteiger charge is 2.66. The molecule has 2 atom stereocenters. The second-order valence-corrected chi connectivity index (χ2v) is 5.16. The number of hydrogen-bond donors (Lipinski definition) is 0. The summed E-state index contributed by atoms with van der Waals surface area (Å²) in [6, 6.07) is 12.7. The molecule has 21 heavy (non-hydrogen) atoms. The minimum atomic E-state index is -1.26. The third kappa shape index (κ3) is 2.20. The monoisotopic (exact) mass is 306 g/mol. The smallest absolute Gasteiger partial charge is 0.346 e. The van der Waals surface area contributed by atoms with E-state index < -0.39 is 17.7 Å². The molecule has 2 unspecified atom stereocenters. The van der Waals surface area contributed by atoms with E-state index in [4.69, 9.17) is 21.1 Å². The molecule has 0 spiro atoms. The minimum absolute atomic E-state index is 0.381. The van der Waals surface area contributed by atoms with Gasteiger partial charge in [-0.2, -0.15) is 0 Å². The maximum absolute atomic E-state index is 13.1. The molecule has 1 aliphatic heterocycles. The zero-order valence-corrected chi connectivity index (χ0v) is 11.9. The van der Waals surface area contributed by atoms with Gasteiger partial charge in [-0.3, -0.25) is 0 Å². The second kappa shape index (κ2) is 5.13. The van der Waals surface area contributed by atoms with Crippen molar-refractivity contribution in [2.24, 2.45) is 0 Å². The maximum Gasteiger partial charge on any atom is 0.346 e. The maximum atomic E-state index is 13.1. The number of ether oxygens (including phenoxy) is 2. The van der Waals surface area contributed by atoms with Gasteiger partial charge in [-0.1, -0.05) is 41.9 Å². The fourth-order valence-corrected chi connectivity index (χ4v) is 2.70. The number of rotatable bonds is 3. The number of carbonyl (C=O) groups excluding carboxylic acids is 1. The van der Waals surface area contributed by atoms with Crippen molar-refractivity contribution in [3.05, 3.63) is 70.5 Å². The lowest BCUT2D eigenvalue weighted by Crippen LogP contribution is -2.24.